The third-order valence-electron chi connectivity index (χ3n) is 5.25. The molecule has 1 heterocycles. The lowest BCUT2D eigenvalue weighted by Crippen LogP contribution is -2.30. The molecule has 0 N–H and O–H groups in total. The Bertz CT molecular complexity index is 882. The van der Waals surface area contributed by atoms with Crippen molar-refractivity contribution in [1.82, 2.24) is 4.90 Å². The Balaban J connectivity index is 1.62. The van der Waals surface area contributed by atoms with Gasteiger partial charge in [0.15, 0.2) is 18.1 Å². The van der Waals surface area contributed by atoms with E-state index in [0.29, 0.717) is 12.8 Å². The summed E-state index contributed by atoms with van der Waals surface area (Å²) in [6, 6.07) is 13.1. The van der Waals surface area contributed by atoms with E-state index in [-0.39, 0.29) is 23.4 Å². The lowest BCUT2D eigenvalue weighted by Gasteiger charge is -2.25. The number of alkyl halides is 3. The summed E-state index contributed by atoms with van der Waals surface area (Å²) in [6.45, 7) is 1.40. The topological polar surface area (TPSA) is 38.8 Å². The van der Waals surface area contributed by atoms with Crippen LogP contribution in [0.25, 0.3) is 0 Å². The molecular formula is C23H26F3NO3. The highest BCUT2D eigenvalue weighted by Crippen LogP contribution is 2.34. The maximum Gasteiger partial charge on any atom is 0.422 e. The number of ether oxygens (including phenoxy) is 2. The lowest BCUT2D eigenvalue weighted by atomic mass is 10.0. The molecule has 1 saturated heterocycles. The van der Waals surface area contributed by atoms with E-state index >= 15 is 0 Å². The summed E-state index contributed by atoms with van der Waals surface area (Å²) in [5, 5.41) is 0. The van der Waals surface area contributed by atoms with Crippen LogP contribution < -0.4 is 9.47 Å². The van der Waals surface area contributed by atoms with E-state index in [1.165, 1.54) is 18.7 Å². The molecule has 1 fully saturated rings. The second kappa shape index (κ2) is 9.41. The van der Waals surface area contributed by atoms with Gasteiger partial charge in [-0.1, -0.05) is 35.9 Å². The van der Waals surface area contributed by atoms with Gasteiger partial charge in [0.1, 0.15) is 0 Å². The van der Waals surface area contributed by atoms with Crippen LogP contribution in [0.4, 0.5) is 13.2 Å². The third kappa shape index (κ3) is 5.68. The van der Waals surface area contributed by atoms with Crippen molar-refractivity contribution < 1.29 is 27.4 Å². The molecule has 2 aromatic carbocycles. The Morgan fingerprint density at radius 2 is 1.97 bits per heavy atom. The van der Waals surface area contributed by atoms with Gasteiger partial charge in [0, 0.05) is 13.0 Å². The molecule has 1 amide bonds. The van der Waals surface area contributed by atoms with E-state index < -0.39 is 12.8 Å². The van der Waals surface area contributed by atoms with Gasteiger partial charge in [-0.15, -0.1) is 0 Å². The molecule has 3 rings (SSSR count). The fourth-order valence-corrected chi connectivity index (χ4v) is 3.83. The molecule has 30 heavy (non-hydrogen) atoms. The van der Waals surface area contributed by atoms with Crippen molar-refractivity contribution in [3.63, 3.8) is 0 Å². The Labute approximate surface area is 174 Å². The summed E-state index contributed by atoms with van der Waals surface area (Å²) >= 11 is 0. The molecule has 1 aliphatic heterocycles. The standard InChI is InChI=1S/C23H26F3NO3/c1-16-5-3-6-18(13-16)19-7-4-12-27(19)22(28)11-9-17-8-10-20(21(14-17)29-2)30-15-23(24,25)26/h3,5-6,8,10,13-14,19H,4,7,9,11-12,15H2,1-2H3. The summed E-state index contributed by atoms with van der Waals surface area (Å²) in [6.07, 6.45) is -1.68. The summed E-state index contributed by atoms with van der Waals surface area (Å²) in [5.74, 6) is 0.335. The van der Waals surface area contributed by atoms with Crippen molar-refractivity contribution in [1.29, 1.82) is 0 Å². The molecule has 0 spiro atoms. The average Bonchev–Trinajstić information content (AvgIpc) is 3.20. The minimum absolute atomic E-state index is 0.0314. The minimum Gasteiger partial charge on any atom is -0.493 e. The van der Waals surface area contributed by atoms with Crippen molar-refractivity contribution in [3.05, 3.63) is 59.2 Å². The van der Waals surface area contributed by atoms with Gasteiger partial charge < -0.3 is 14.4 Å². The van der Waals surface area contributed by atoms with Crippen LogP contribution in [0, 0.1) is 6.92 Å². The van der Waals surface area contributed by atoms with Gasteiger partial charge in [-0.2, -0.15) is 13.2 Å². The number of carbonyl (C=O) groups excluding carboxylic acids is 1. The molecule has 0 radical (unpaired) electrons. The number of benzene rings is 2. The zero-order valence-electron chi connectivity index (χ0n) is 17.2. The zero-order valence-corrected chi connectivity index (χ0v) is 17.2. The average molecular weight is 421 g/mol. The SMILES string of the molecule is COc1cc(CCC(=O)N2CCCC2c2cccc(C)c2)ccc1OCC(F)(F)F. The van der Waals surface area contributed by atoms with E-state index in [0.717, 1.165) is 30.5 Å². The smallest absolute Gasteiger partial charge is 0.422 e. The Hall–Kier alpha value is -2.70. The predicted molar refractivity (Wildman–Crippen MR) is 108 cm³/mol. The van der Waals surface area contributed by atoms with Crippen molar-refractivity contribution >= 4 is 5.91 Å². The summed E-state index contributed by atoms with van der Waals surface area (Å²) in [5.41, 5.74) is 3.14. The second-order valence-electron chi connectivity index (χ2n) is 7.55. The van der Waals surface area contributed by atoms with E-state index in [9.17, 15) is 18.0 Å². The molecule has 0 bridgehead atoms. The molecule has 1 unspecified atom stereocenters. The molecule has 2 aromatic rings. The van der Waals surface area contributed by atoms with Crippen LogP contribution in [-0.4, -0.2) is 37.2 Å². The van der Waals surface area contributed by atoms with Crippen molar-refractivity contribution in [3.8, 4) is 11.5 Å². The number of likely N-dealkylation sites (tertiary alicyclic amines) is 1. The first-order chi connectivity index (χ1) is 14.3. The van der Waals surface area contributed by atoms with Gasteiger partial charge >= 0.3 is 6.18 Å². The quantitative estimate of drug-likeness (QED) is 0.614. The largest absolute Gasteiger partial charge is 0.493 e. The molecule has 7 heteroatoms. The van der Waals surface area contributed by atoms with Crippen LogP contribution >= 0.6 is 0 Å². The molecule has 0 saturated carbocycles. The summed E-state index contributed by atoms with van der Waals surface area (Å²) < 4.78 is 47.1. The van der Waals surface area contributed by atoms with Crippen molar-refractivity contribution in [2.24, 2.45) is 0 Å². The van der Waals surface area contributed by atoms with Gasteiger partial charge in [0.2, 0.25) is 5.91 Å². The predicted octanol–water partition coefficient (Wildman–Crippen LogP) is 5.24. The Kier molecular flexibility index (Phi) is 6.90. The van der Waals surface area contributed by atoms with Gasteiger partial charge in [-0.05, 0) is 49.4 Å². The number of carbonyl (C=O) groups is 1. The maximum atomic E-state index is 12.9. The summed E-state index contributed by atoms with van der Waals surface area (Å²) in [4.78, 5) is 14.8. The fraction of sp³-hybridized carbons (Fsp3) is 0.435. The van der Waals surface area contributed by atoms with Gasteiger partial charge in [-0.25, -0.2) is 0 Å². The number of hydrogen-bond donors (Lipinski definition) is 0. The number of aryl methyl sites for hydroxylation is 2. The summed E-state index contributed by atoms with van der Waals surface area (Å²) in [7, 11) is 1.38. The van der Waals surface area contributed by atoms with Crippen molar-refractivity contribution in [2.75, 3.05) is 20.3 Å². The first-order valence-electron chi connectivity index (χ1n) is 9.99. The third-order valence-corrected chi connectivity index (χ3v) is 5.25. The van der Waals surface area contributed by atoms with Crippen LogP contribution in [-0.2, 0) is 11.2 Å². The van der Waals surface area contributed by atoms with Crippen molar-refractivity contribution in [2.45, 2.75) is 44.8 Å². The highest BCUT2D eigenvalue weighted by Gasteiger charge is 2.30. The molecule has 0 aliphatic carbocycles. The van der Waals surface area contributed by atoms with Crippen LogP contribution in [0.3, 0.4) is 0 Å². The first kappa shape index (κ1) is 22.0. The van der Waals surface area contributed by atoms with Crippen LogP contribution in [0.2, 0.25) is 0 Å². The minimum atomic E-state index is -4.42. The van der Waals surface area contributed by atoms with Crippen LogP contribution in [0.1, 0.15) is 42.0 Å². The fourth-order valence-electron chi connectivity index (χ4n) is 3.83. The van der Waals surface area contributed by atoms with E-state index in [1.54, 1.807) is 12.1 Å². The Morgan fingerprint density at radius 1 is 1.17 bits per heavy atom. The molecular weight excluding hydrogens is 395 g/mol. The highest BCUT2D eigenvalue weighted by atomic mass is 19.4. The molecule has 1 aliphatic rings. The zero-order chi connectivity index (χ0) is 21.7. The normalized spacial score (nSPS) is 16.6. The monoisotopic (exact) mass is 421 g/mol. The van der Waals surface area contributed by atoms with Gasteiger partial charge in [0.25, 0.3) is 0 Å². The number of methoxy groups -OCH3 is 1. The number of halogens is 3. The number of nitrogens with zero attached hydrogens (tertiary/aromatic N) is 1. The number of hydrogen-bond acceptors (Lipinski definition) is 3. The van der Waals surface area contributed by atoms with Crippen LogP contribution in [0.15, 0.2) is 42.5 Å². The van der Waals surface area contributed by atoms with E-state index in [2.05, 4.69) is 12.1 Å². The lowest BCUT2D eigenvalue weighted by molar-refractivity contribution is -0.153. The van der Waals surface area contributed by atoms with Gasteiger partial charge in [-0.3, -0.25) is 4.79 Å². The number of amides is 1. The highest BCUT2D eigenvalue weighted by molar-refractivity contribution is 5.77. The molecule has 4 nitrogen and oxygen atoms in total. The van der Waals surface area contributed by atoms with Gasteiger partial charge in [0.05, 0.1) is 13.2 Å². The second-order valence-corrected chi connectivity index (χ2v) is 7.55. The van der Waals surface area contributed by atoms with Crippen LogP contribution in [0.5, 0.6) is 11.5 Å². The Morgan fingerprint density at radius 3 is 2.67 bits per heavy atom. The molecule has 1 atom stereocenters. The molecule has 0 aromatic heterocycles. The number of rotatable bonds is 7. The molecule has 162 valence electrons. The van der Waals surface area contributed by atoms with E-state index in [1.807, 2.05) is 24.0 Å². The first-order valence-corrected chi connectivity index (χ1v) is 9.99. The maximum absolute atomic E-state index is 12.9. The van der Waals surface area contributed by atoms with E-state index in [4.69, 9.17) is 9.47 Å².